The first-order valence-corrected chi connectivity index (χ1v) is 7.37. The average molecular weight is 299 g/mol. The number of fused-ring (bicyclic) bond motifs is 1. The number of pyridine rings is 1. The molecule has 102 valence electrons. The highest BCUT2D eigenvalue weighted by Crippen LogP contribution is 2.28. The Kier molecular flexibility index (Phi) is 3.65. The number of alkyl halides is 1. The fourth-order valence-corrected chi connectivity index (χ4v) is 3.17. The van der Waals surface area contributed by atoms with E-state index in [1.165, 1.54) is 6.42 Å². The Balaban J connectivity index is 2.10. The maximum atomic E-state index is 6.04. The Morgan fingerprint density at radius 3 is 3.05 bits per heavy atom. The van der Waals surface area contributed by atoms with Crippen molar-refractivity contribution in [1.29, 1.82) is 0 Å². The van der Waals surface area contributed by atoms with Crippen molar-refractivity contribution in [3.63, 3.8) is 0 Å². The van der Waals surface area contributed by atoms with E-state index in [2.05, 4.69) is 26.5 Å². The van der Waals surface area contributed by atoms with E-state index in [1.807, 2.05) is 6.07 Å². The largest absolute Gasteiger partial charge is 0.307 e. The van der Waals surface area contributed by atoms with Crippen LogP contribution in [0.25, 0.3) is 11.2 Å². The molecule has 0 aromatic carbocycles. The van der Waals surface area contributed by atoms with Gasteiger partial charge in [-0.15, -0.1) is 11.6 Å². The fraction of sp³-hybridized carbons (Fsp3) is 0.538. The Bertz CT molecular complexity index is 596. The molecule has 3 rings (SSSR count). The smallest absolute Gasteiger partial charge is 0.160 e. The van der Waals surface area contributed by atoms with Crippen molar-refractivity contribution in [1.82, 2.24) is 19.4 Å². The second-order valence-electron chi connectivity index (χ2n) is 5.09. The summed E-state index contributed by atoms with van der Waals surface area (Å²) in [6, 6.07) is 2.24. The molecule has 1 saturated heterocycles. The number of hydrogen-bond donors (Lipinski definition) is 0. The summed E-state index contributed by atoms with van der Waals surface area (Å²) in [4.78, 5) is 11.3. The van der Waals surface area contributed by atoms with Crippen LogP contribution in [0.1, 0.15) is 24.7 Å². The van der Waals surface area contributed by atoms with Crippen molar-refractivity contribution < 1.29 is 0 Å². The molecule has 1 aliphatic rings. The van der Waals surface area contributed by atoms with Crippen LogP contribution in [0.3, 0.4) is 0 Å². The van der Waals surface area contributed by atoms with Crippen molar-refractivity contribution in [2.24, 2.45) is 0 Å². The molecular formula is C13H16Cl2N4. The molecule has 2 aromatic rings. The standard InChI is InChI=1S/C13H16Cl2N4/c1-18-4-2-3-10(8-18)19-12(6-14)17-11-5-9(15)7-16-13(11)19/h5,7,10H,2-4,6,8H2,1H3. The Labute approximate surface area is 122 Å². The molecular weight excluding hydrogens is 283 g/mol. The minimum Gasteiger partial charge on any atom is -0.307 e. The van der Waals surface area contributed by atoms with Gasteiger partial charge < -0.3 is 9.47 Å². The van der Waals surface area contributed by atoms with Gasteiger partial charge in [-0.25, -0.2) is 9.97 Å². The van der Waals surface area contributed by atoms with E-state index in [9.17, 15) is 0 Å². The summed E-state index contributed by atoms with van der Waals surface area (Å²) in [5, 5.41) is 0.610. The van der Waals surface area contributed by atoms with Gasteiger partial charge in [0.05, 0.1) is 10.9 Å². The molecule has 1 atom stereocenters. The van der Waals surface area contributed by atoms with Gasteiger partial charge in [-0.2, -0.15) is 0 Å². The summed E-state index contributed by atoms with van der Waals surface area (Å²) in [7, 11) is 2.15. The average Bonchev–Trinajstić information content (AvgIpc) is 2.76. The first-order chi connectivity index (χ1) is 9.19. The zero-order valence-electron chi connectivity index (χ0n) is 10.8. The van der Waals surface area contributed by atoms with Crippen molar-refractivity contribution in [2.45, 2.75) is 24.8 Å². The van der Waals surface area contributed by atoms with Gasteiger partial charge in [-0.3, -0.25) is 0 Å². The van der Waals surface area contributed by atoms with E-state index in [4.69, 9.17) is 23.2 Å². The highest BCUT2D eigenvalue weighted by atomic mass is 35.5. The van der Waals surface area contributed by atoms with E-state index in [0.29, 0.717) is 16.9 Å². The van der Waals surface area contributed by atoms with Gasteiger partial charge in [0, 0.05) is 18.8 Å². The molecule has 2 aromatic heterocycles. The summed E-state index contributed by atoms with van der Waals surface area (Å²) in [5.41, 5.74) is 1.72. The zero-order valence-corrected chi connectivity index (χ0v) is 12.3. The lowest BCUT2D eigenvalue weighted by Crippen LogP contribution is -2.34. The molecule has 3 heterocycles. The van der Waals surface area contributed by atoms with Gasteiger partial charge in [0.1, 0.15) is 11.3 Å². The van der Waals surface area contributed by atoms with E-state index in [-0.39, 0.29) is 0 Å². The van der Waals surface area contributed by atoms with E-state index in [0.717, 1.165) is 36.5 Å². The third-order valence-electron chi connectivity index (χ3n) is 3.65. The van der Waals surface area contributed by atoms with Crippen molar-refractivity contribution >= 4 is 34.4 Å². The van der Waals surface area contributed by atoms with Crippen LogP contribution in [-0.4, -0.2) is 39.6 Å². The summed E-state index contributed by atoms with van der Waals surface area (Å²) < 4.78 is 2.19. The summed E-state index contributed by atoms with van der Waals surface area (Å²) in [5.74, 6) is 1.28. The maximum Gasteiger partial charge on any atom is 0.160 e. The Morgan fingerprint density at radius 1 is 1.47 bits per heavy atom. The van der Waals surface area contributed by atoms with E-state index in [1.54, 1.807) is 6.20 Å². The number of hydrogen-bond acceptors (Lipinski definition) is 3. The van der Waals surface area contributed by atoms with E-state index < -0.39 is 0 Å². The first kappa shape index (κ1) is 13.2. The van der Waals surface area contributed by atoms with Crippen LogP contribution in [0.2, 0.25) is 5.02 Å². The van der Waals surface area contributed by atoms with Gasteiger partial charge in [0.15, 0.2) is 5.65 Å². The summed E-state index contributed by atoms with van der Waals surface area (Å²) in [6.07, 6.45) is 4.01. The van der Waals surface area contributed by atoms with Crippen molar-refractivity contribution in [3.8, 4) is 0 Å². The first-order valence-electron chi connectivity index (χ1n) is 6.46. The molecule has 1 aliphatic heterocycles. The minimum atomic E-state index is 0.395. The monoisotopic (exact) mass is 298 g/mol. The topological polar surface area (TPSA) is 34.0 Å². The predicted molar refractivity (Wildman–Crippen MR) is 77.9 cm³/mol. The van der Waals surface area contributed by atoms with Gasteiger partial charge in [0.2, 0.25) is 0 Å². The second-order valence-corrected chi connectivity index (χ2v) is 5.79. The molecule has 1 unspecified atom stereocenters. The molecule has 0 spiro atoms. The number of likely N-dealkylation sites (tertiary alicyclic amines) is 1. The zero-order chi connectivity index (χ0) is 13.4. The number of nitrogens with zero attached hydrogens (tertiary/aromatic N) is 4. The fourth-order valence-electron chi connectivity index (χ4n) is 2.83. The third kappa shape index (κ3) is 2.45. The quantitative estimate of drug-likeness (QED) is 0.799. The van der Waals surface area contributed by atoms with Gasteiger partial charge >= 0.3 is 0 Å². The van der Waals surface area contributed by atoms with Crippen LogP contribution in [0.15, 0.2) is 12.3 Å². The van der Waals surface area contributed by atoms with Crippen molar-refractivity contribution in [3.05, 3.63) is 23.1 Å². The molecule has 0 N–H and O–H groups in total. The highest BCUT2D eigenvalue weighted by molar-refractivity contribution is 6.31. The minimum absolute atomic E-state index is 0.395. The number of rotatable bonds is 2. The molecule has 0 amide bonds. The Morgan fingerprint density at radius 2 is 2.32 bits per heavy atom. The van der Waals surface area contributed by atoms with Crippen LogP contribution >= 0.6 is 23.2 Å². The lowest BCUT2D eigenvalue weighted by molar-refractivity contribution is 0.212. The second kappa shape index (κ2) is 5.27. The molecule has 0 aliphatic carbocycles. The lowest BCUT2D eigenvalue weighted by Gasteiger charge is -2.31. The van der Waals surface area contributed by atoms with Crippen LogP contribution in [0, 0.1) is 0 Å². The van der Waals surface area contributed by atoms with Crippen LogP contribution in [0.5, 0.6) is 0 Å². The van der Waals surface area contributed by atoms with Crippen LogP contribution in [-0.2, 0) is 5.88 Å². The Hall–Kier alpha value is -0.840. The van der Waals surface area contributed by atoms with E-state index >= 15 is 0 Å². The molecule has 6 heteroatoms. The number of piperidine rings is 1. The van der Waals surface area contributed by atoms with Crippen molar-refractivity contribution in [2.75, 3.05) is 20.1 Å². The van der Waals surface area contributed by atoms with Crippen LogP contribution < -0.4 is 0 Å². The maximum absolute atomic E-state index is 6.04. The molecule has 0 bridgehead atoms. The highest BCUT2D eigenvalue weighted by Gasteiger charge is 2.23. The van der Waals surface area contributed by atoms with Gasteiger partial charge in [0.25, 0.3) is 0 Å². The number of likely N-dealkylation sites (N-methyl/N-ethyl adjacent to an activating group) is 1. The number of imidazole rings is 1. The van der Waals surface area contributed by atoms with Crippen LogP contribution in [0.4, 0.5) is 0 Å². The molecule has 1 fully saturated rings. The number of halogens is 2. The third-order valence-corrected chi connectivity index (χ3v) is 4.10. The van der Waals surface area contributed by atoms with Gasteiger partial charge in [-0.1, -0.05) is 11.6 Å². The molecule has 4 nitrogen and oxygen atoms in total. The summed E-state index contributed by atoms with van der Waals surface area (Å²) in [6.45, 7) is 2.16. The predicted octanol–water partition coefficient (Wildman–Crippen LogP) is 3.09. The normalized spacial score (nSPS) is 21.1. The lowest BCUT2D eigenvalue weighted by atomic mass is 10.1. The van der Waals surface area contributed by atoms with Gasteiger partial charge in [-0.05, 0) is 32.5 Å². The molecule has 0 saturated carbocycles. The number of aromatic nitrogens is 3. The summed E-state index contributed by atoms with van der Waals surface area (Å²) >= 11 is 12.0. The molecule has 0 radical (unpaired) electrons. The SMILES string of the molecule is CN1CCCC(n2c(CCl)nc3cc(Cl)cnc32)C1. The molecule has 19 heavy (non-hydrogen) atoms.